The van der Waals surface area contributed by atoms with Crippen molar-refractivity contribution >= 4 is 33.3 Å². The highest BCUT2D eigenvalue weighted by Crippen LogP contribution is 2.44. The van der Waals surface area contributed by atoms with E-state index >= 15 is 0 Å². The van der Waals surface area contributed by atoms with Gasteiger partial charge in [-0.15, -0.1) is 0 Å². The molecule has 2 aromatic rings. The predicted octanol–water partition coefficient (Wildman–Crippen LogP) is 4.27. The largest absolute Gasteiger partial charge is 0.493 e. The first kappa shape index (κ1) is 15.3. The molecule has 0 aliphatic carbocycles. The normalized spacial score (nSPS) is 14.4. The number of carbonyl (C=O) groups is 1. The average Bonchev–Trinajstić information content (AvgIpc) is 3.19. The van der Waals surface area contributed by atoms with Crippen molar-refractivity contribution in [2.75, 3.05) is 23.8 Å². The maximum absolute atomic E-state index is 12.4. The lowest BCUT2D eigenvalue weighted by atomic mass is 10.0. The predicted molar refractivity (Wildman–Crippen MR) is 96.4 cm³/mol. The van der Waals surface area contributed by atoms with E-state index in [2.05, 4.69) is 26.6 Å². The first-order valence-corrected chi connectivity index (χ1v) is 8.69. The SMILES string of the molecule is Cc1cc(NC(=O)Nc2c3c(cc4c2OCC4)OCC3)ccc1Br. The average molecular weight is 389 g/mol. The van der Waals surface area contributed by atoms with E-state index < -0.39 is 0 Å². The zero-order valence-electron chi connectivity index (χ0n) is 13.2. The second-order valence-corrected chi connectivity index (χ2v) is 6.81. The van der Waals surface area contributed by atoms with Crippen LogP contribution in [0.2, 0.25) is 0 Å². The molecule has 0 bridgehead atoms. The van der Waals surface area contributed by atoms with Gasteiger partial charge in [-0.1, -0.05) is 15.9 Å². The first-order valence-electron chi connectivity index (χ1n) is 7.90. The van der Waals surface area contributed by atoms with Gasteiger partial charge in [0.15, 0.2) is 0 Å². The fourth-order valence-corrected chi connectivity index (χ4v) is 3.36. The van der Waals surface area contributed by atoms with Crippen molar-refractivity contribution in [3.63, 3.8) is 0 Å². The van der Waals surface area contributed by atoms with Crippen molar-refractivity contribution in [2.24, 2.45) is 0 Å². The molecule has 4 rings (SSSR count). The van der Waals surface area contributed by atoms with Gasteiger partial charge >= 0.3 is 6.03 Å². The number of amides is 2. The number of carbonyl (C=O) groups excluding carboxylic acids is 1. The van der Waals surface area contributed by atoms with Gasteiger partial charge in [0, 0.05) is 34.1 Å². The molecule has 2 aromatic carbocycles. The van der Waals surface area contributed by atoms with Crippen molar-refractivity contribution in [2.45, 2.75) is 19.8 Å². The van der Waals surface area contributed by atoms with E-state index in [1.807, 2.05) is 31.2 Å². The summed E-state index contributed by atoms with van der Waals surface area (Å²) in [4.78, 5) is 12.4. The fourth-order valence-electron chi connectivity index (χ4n) is 3.12. The van der Waals surface area contributed by atoms with Gasteiger partial charge in [-0.25, -0.2) is 4.79 Å². The number of aryl methyl sites for hydroxylation is 1. The second kappa shape index (κ2) is 6.02. The molecule has 6 heteroatoms. The van der Waals surface area contributed by atoms with Crippen LogP contribution in [0.25, 0.3) is 0 Å². The molecule has 2 aliphatic heterocycles. The number of nitrogens with one attached hydrogen (secondary N) is 2. The Hall–Kier alpha value is -2.21. The minimum absolute atomic E-state index is 0.283. The number of benzene rings is 2. The number of hydrogen-bond donors (Lipinski definition) is 2. The molecule has 2 heterocycles. The third-order valence-corrected chi connectivity index (χ3v) is 5.19. The smallest absolute Gasteiger partial charge is 0.323 e. The van der Waals surface area contributed by atoms with Gasteiger partial charge in [-0.3, -0.25) is 0 Å². The lowest BCUT2D eigenvalue weighted by Gasteiger charge is -2.15. The van der Waals surface area contributed by atoms with Crippen molar-refractivity contribution < 1.29 is 14.3 Å². The van der Waals surface area contributed by atoms with Gasteiger partial charge in [0.25, 0.3) is 0 Å². The van der Waals surface area contributed by atoms with Crippen molar-refractivity contribution in [1.82, 2.24) is 0 Å². The standard InChI is InChI=1S/C18H17BrN2O3/c1-10-8-12(2-3-14(10)19)20-18(22)21-16-13-5-7-23-15(13)9-11-4-6-24-17(11)16/h2-3,8-9H,4-7H2,1H3,(H2,20,21,22). The zero-order valence-corrected chi connectivity index (χ0v) is 14.8. The Labute approximate surface area is 148 Å². The highest BCUT2D eigenvalue weighted by Gasteiger charge is 2.27. The Balaban J connectivity index is 1.59. The van der Waals surface area contributed by atoms with E-state index in [0.29, 0.717) is 13.2 Å². The number of urea groups is 1. The van der Waals surface area contributed by atoms with Crippen molar-refractivity contribution in [3.05, 3.63) is 45.4 Å². The Morgan fingerprint density at radius 2 is 1.96 bits per heavy atom. The molecular weight excluding hydrogens is 372 g/mol. The summed E-state index contributed by atoms with van der Waals surface area (Å²) in [7, 11) is 0. The van der Waals surface area contributed by atoms with Crippen LogP contribution in [0.5, 0.6) is 11.5 Å². The third kappa shape index (κ3) is 2.71. The van der Waals surface area contributed by atoms with Crippen LogP contribution in [-0.2, 0) is 12.8 Å². The van der Waals surface area contributed by atoms with Gasteiger partial charge in [-0.05, 0) is 36.8 Å². The Morgan fingerprint density at radius 1 is 1.12 bits per heavy atom. The molecule has 124 valence electrons. The molecule has 0 fully saturated rings. The Morgan fingerprint density at radius 3 is 2.79 bits per heavy atom. The van der Waals surface area contributed by atoms with E-state index in [0.717, 1.165) is 56.9 Å². The summed E-state index contributed by atoms with van der Waals surface area (Å²) in [5.74, 6) is 1.63. The third-order valence-electron chi connectivity index (χ3n) is 4.31. The summed E-state index contributed by atoms with van der Waals surface area (Å²) < 4.78 is 12.4. The fraction of sp³-hybridized carbons (Fsp3) is 0.278. The van der Waals surface area contributed by atoms with Gasteiger partial charge in [0.05, 0.1) is 18.9 Å². The monoisotopic (exact) mass is 388 g/mol. The van der Waals surface area contributed by atoms with Gasteiger partial charge < -0.3 is 20.1 Å². The van der Waals surface area contributed by atoms with Crippen LogP contribution in [0.3, 0.4) is 0 Å². The molecule has 2 amide bonds. The van der Waals surface area contributed by atoms with E-state index in [9.17, 15) is 4.79 Å². The van der Waals surface area contributed by atoms with E-state index in [4.69, 9.17) is 9.47 Å². The van der Waals surface area contributed by atoms with Crippen molar-refractivity contribution in [3.8, 4) is 11.5 Å². The minimum Gasteiger partial charge on any atom is -0.493 e. The molecular formula is C18H17BrN2O3. The van der Waals surface area contributed by atoms with E-state index in [1.54, 1.807) is 0 Å². The molecule has 0 spiro atoms. The molecule has 0 atom stereocenters. The molecule has 0 saturated carbocycles. The van der Waals surface area contributed by atoms with Crippen LogP contribution >= 0.6 is 15.9 Å². The number of rotatable bonds is 2. The number of ether oxygens (including phenoxy) is 2. The molecule has 0 aromatic heterocycles. The molecule has 24 heavy (non-hydrogen) atoms. The Kier molecular flexibility index (Phi) is 3.84. The molecule has 0 radical (unpaired) electrons. The summed E-state index contributed by atoms with van der Waals surface area (Å²) in [6.45, 7) is 3.26. The van der Waals surface area contributed by atoms with Crippen LogP contribution in [0.4, 0.5) is 16.2 Å². The molecule has 0 saturated heterocycles. The van der Waals surface area contributed by atoms with Gasteiger partial charge in [-0.2, -0.15) is 0 Å². The van der Waals surface area contributed by atoms with Crippen LogP contribution in [0.15, 0.2) is 28.7 Å². The highest BCUT2D eigenvalue weighted by atomic mass is 79.9. The van der Waals surface area contributed by atoms with Crippen LogP contribution < -0.4 is 20.1 Å². The summed E-state index contributed by atoms with van der Waals surface area (Å²) in [6.07, 6.45) is 1.62. The van der Waals surface area contributed by atoms with E-state index in [1.165, 1.54) is 0 Å². The maximum Gasteiger partial charge on any atom is 0.323 e. The van der Waals surface area contributed by atoms with Crippen LogP contribution in [0, 0.1) is 6.92 Å². The summed E-state index contributed by atoms with van der Waals surface area (Å²) >= 11 is 3.46. The van der Waals surface area contributed by atoms with E-state index in [-0.39, 0.29) is 6.03 Å². The highest BCUT2D eigenvalue weighted by molar-refractivity contribution is 9.10. The summed E-state index contributed by atoms with van der Waals surface area (Å²) in [6, 6.07) is 7.44. The van der Waals surface area contributed by atoms with Gasteiger partial charge in [0.1, 0.15) is 11.5 Å². The minimum atomic E-state index is -0.283. The Bertz CT molecular complexity index is 803. The molecule has 0 unspecified atom stereocenters. The van der Waals surface area contributed by atoms with Crippen LogP contribution in [-0.4, -0.2) is 19.2 Å². The topological polar surface area (TPSA) is 59.6 Å². The molecule has 2 aliphatic rings. The first-order chi connectivity index (χ1) is 11.6. The maximum atomic E-state index is 12.4. The summed E-state index contributed by atoms with van der Waals surface area (Å²) in [5, 5.41) is 5.83. The van der Waals surface area contributed by atoms with Crippen LogP contribution in [0.1, 0.15) is 16.7 Å². The number of halogens is 1. The summed E-state index contributed by atoms with van der Waals surface area (Å²) in [5.41, 5.74) is 4.65. The lowest BCUT2D eigenvalue weighted by Crippen LogP contribution is -2.20. The lowest BCUT2D eigenvalue weighted by molar-refractivity contribution is 0.262. The molecule has 2 N–H and O–H groups in total. The zero-order chi connectivity index (χ0) is 16.7. The van der Waals surface area contributed by atoms with Crippen molar-refractivity contribution in [1.29, 1.82) is 0 Å². The van der Waals surface area contributed by atoms with Gasteiger partial charge in [0.2, 0.25) is 0 Å². The number of hydrogen-bond acceptors (Lipinski definition) is 3. The second-order valence-electron chi connectivity index (χ2n) is 5.96. The quantitative estimate of drug-likeness (QED) is 0.807. The molecule has 5 nitrogen and oxygen atoms in total. The number of fused-ring (bicyclic) bond motifs is 2. The number of anilines is 2.